The molecule has 1 amide bonds. The van der Waals surface area contributed by atoms with Gasteiger partial charge in [0.2, 0.25) is 0 Å². The van der Waals surface area contributed by atoms with Crippen molar-refractivity contribution < 1.29 is 4.79 Å². The van der Waals surface area contributed by atoms with Gasteiger partial charge < -0.3 is 14.8 Å². The Bertz CT molecular complexity index is 977. The van der Waals surface area contributed by atoms with Crippen LogP contribution in [0, 0.1) is 13.8 Å². The van der Waals surface area contributed by atoms with Crippen LogP contribution in [0.25, 0.3) is 10.9 Å². The molecule has 1 atom stereocenters. The number of amides is 1. The Morgan fingerprint density at radius 2 is 2.12 bits per heavy atom. The Labute approximate surface area is 152 Å². The van der Waals surface area contributed by atoms with Crippen molar-refractivity contribution in [2.24, 2.45) is 7.05 Å². The van der Waals surface area contributed by atoms with Gasteiger partial charge in [-0.2, -0.15) is 0 Å². The lowest BCUT2D eigenvalue weighted by Crippen LogP contribution is -2.49. The maximum Gasteiger partial charge on any atom is 0.256 e. The third-order valence-corrected chi connectivity index (χ3v) is 5.05. The topological polar surface area (TPSA) is 63.1 Å². The first kappa shape index (κ1) is 16.7. The monoisotopic (exact) mass is 349 g/mol. The Morgan fingerprint density at radius 1 is 1.27 bits per heavy atom. The molecule has 1 aromatic carbocycles. The molecule has 0 spiro atoms. The first-order chi connectivity index (χ1) is 12.5. The number of nitrogens with one attached hydrogen (secondary N) is 1. The highest BCUT2D eigenvalue weighted by Crippen LogP contribution is 2.25. The van der Waals surface area contributed by atoms with Crippen molar-refractivity contribution in [2.45, 2.75) is 19.9 Å². The van der Waals surface area contributed by atoms with Crippen molar-refractivity contribution in [1.82, 2.24) is 24.8 Å². The molecule has 0 saturated carbocycles. The molecule has 3 aromatic rings. The molecule has 0 aliphatic carbocycles. The summed E-state index contributed by atoms with van der Waals surface area (Å²) in [6.07, 6.45) is 3.69. The maximum atomic E-state index is 13.4. The smallest absolute Gasteiger partial charge is 0.256 e. The molecule has 26 heavy (non-hydrogen) atoms. The predicted molar refractivity (Wildman–Crippen MR) is 101 cm³/mol. The summed E-state index contributed by atoms with van der Waals surface area (Å²) in [7, 11) is 1.96. The molecule has 1 aliphatic rings. The van der Waals surface area contributed by atoms with Gasteiger partial charge in [-0.25, -0.2) is 4.98 Å². The summed E-state index contributed by atoms with van der Waals surface area (Å²) in [5, 5.41) is 4.38. The van der Waals surface area contributed by atoms with Crippen molar-refractivity contribution >= 4 is 16.8 Å². The van der Waals surface area contributed by atoms with Gasteiger partial charge in [0, 0.05) is 44.5 Å². The summed E-state index contributed by atoms with van der Waals surface area (Å²) >= 11 is 0. The van der Waals surface area contributed by atoms with Gasteiger partial charge in [-0.15, -0.1) is 0 Å². The highest BCUT2D eigenvalue weighted by Gasteiger charge is 2.32. The molecule has 2 aromatic heterocycles. The minimum Gasteiger partial charge on any atom is -0.336 e. The third-order valence-electron chi connectivity index (χ3n) is 5.05. The van der Waals surface area contributed by atoms with Crippen LogP contribution in [0.3, 0.4) is 0 Å². The fourth-order valence-corrected chi connectivity index (χ4v) is 3.64. The minimum absolute atomic E-state index is 0.0212. The molecule has 1 aliphatic heterocycles. The standard InChI is InChI=1S/C20H23N5O/c1-13-4-5-17-15(10-13)11-16(14(2)23-17)20(26)25-9-6-21-12-18(25)19-22-7-8-24(19)3/h4-5,7-8,10-11,18,21H,6,9,12H2,1-3H3. The van der Waals surface area contributed by atoms with Crippen molar-refractivity contribution in [3.63, 3.8) is 0 Å². The fraction of sp³-hybridized carbons (Fsp3) is 0.350. The number of rotatable bonds is 2. The summed E-state index contributed by atoms with van der Waals surface area (Å²) in [5.74, 6) is 0.917. The minimum atomic E-state index is -0.0798. The molecule has 3 heterocycles. The van der Waals surface area contributed by atoms with E-state index >= 15 is 0 Å². The number of nitrogens with zero attached hydrogens (tertiary/aromatic N) is 4. The van der Waals surface area contributed by atoms with E-state index in [0.717, 1.165) is 34.5 Å². The van der Waals surface area contributed by atoms with Crippen molar-refractivity contribution in [3.8, 4) is 0 Å². The number of pyridine rings is 1. The number of hydrogen-bond donors (Lipinski definition) is 1. The second-order valence-corrected chi connectivity index (χ2v) is 6.93. The Kier molecular flexibility index (Phi) is 4.20. The zero-order valence-corrected chi connectivity index (χ0v) is 15.4. The summed E-state index contributed by atoms with van der Waals surface area (Å²) < 4.78 is 1.98. The lowest BCUT2D eigenvalue weighted by molar-refractivity contribution is 0.0620. The van der Waals surface area contributed by atoms with Crippen LogP contribution < -0.4 is 5.32 Å². The van der Waals surface area contributed by atoms with E-state index in [0.29, 0.717) is 18.7 Å². The summed E-state index contributed by atoms with van der Waals surface area (Å²) in [6.45, 7) is 6.10. The molecule has 134 valence electrons. The average molecular weight is 349 g/mol. The summed E-state index contributed by atoms with van der Waals surface area (Å²) in [5.41, 5.74) is 3.52. The SMILES string of the molecule is Cc1ccc2nc(C)c(C(=O)N3CCNCC3c3nccn3C)cc2c1. The van der Waals surface area contributed by atoms with Crippen LogP contribution in [0.4, 0.5) is 0 Å². The van der Waals surface area contributed by atoms with E-state index in [4.69, 9.17) is 0 Å². The van der Waals surface area contributed by atoms with E-state index < -0.39 is 0 Å². The molecule has 6 heteroatoms. The van der Waals surface area contributed by atoms with Crippen molar-refractivity contribution in [1.29, 1.82) is 0 Å². The maximum absolute atomic E-state index is 13.4. The molecule has 6 nitrogen and oxygen atoms in total. The first-order valence-corrected chi connectivity index (χ1v) is 8.91. The Balaban J connectivity index is 1.74. The van der Waals surface area contributed by atoms with Crippen LogP contribution in [0.1, 0.15) is 33.5 Å². The van der Waals surface area contributed by atoms with E-state index in [2.05, 4.69) is 21.4 Å². The van der Waals surface area contributed by atoms with Gasteiger partial charge in [0.1, 0.15) is 11.9 Å². The van der Waals surface area contributed by atoms with Crippen LogP contribution in [0.15, 0.2) is 36.7 Å². The van der Waals surface area contributed by atoms with Crippen molar-refractivity contribution in [2.75, 3.05) is 19.6 Å². The second-order valence-electron chi connectivity index (χ2n) is 6.93. The molecule has 1 saturated heterocycles. The van der Waals surface area contributed by atoms with Gasteiger partial charge in [-0.05, 0) is 32.0 Å². The van der Waals surface area contributed by atoms with Crippen LogP contribution in [-0.4, -0.2) is 45.0 Å². The van der Waals surface area contributed by atoms with Gasteiger partial charge in [0.15, 0.2) is 0 Å². The molecule has 0 bridgehead atoms. The molecule has 1 N–H and O–H groups in total. The molecule has 1 unspecified atom stereocenters. The largest absolute Gasteiger partial charge is 0.336 e. The number of carbonyl (C=O) groups is 1. The Morgan fingerprint density at radius 3 is 2.88 bits per heavy atom. The first-order valence-electron chi connectivity index (χ1n) is 8.91. The third kappa shape index (κ3) is 2.86. The number of fused-ring (bicyclic) bond motifs is 1. The van der Waals surface area contributed by atoms with Gasteiger partial charge >= 0.3 is 0 Å². The molecule has 1 fully saturated rings. The second kappa shape index (κ2) is 6.53. The summed E-state index contributed by atoms with van der Waals surface area (Å²) in [6, 6.07) is 8.03. The van der Waals surface area contributed by atoms with Crippen LogP contribution >= 0.6 is 0 Å². The van der Waals surface area contributed by atoms with E-state index in [1.807, 2.05) is 54.8 Å². The van der Waals surface area contributed by atoms with E-state index in [1.165, 1.54) is 0 Å². The van der Waals surface area contributed by atoms with Crippen LogP contribution in [0.5, 0.6) is 0 Å². The van der Waals surface area contributed by atoms with Crippen molar-refractivity contribution in [3.05, 3.63) is 59.3 Å². The number of carbonyl (C=O) groups excluding carboxylic acids is 1. The number of benzene rings is 1. The van der Waals surface area contributed by atoms with Crippen LogP contribution in [0.2, 0.25) is 0 Å². The zero-order valence-electron chi connectivity index (χ0n) is 15.4. The zero-order chi connectivity index (χ0) is 18.3. The predicted octanol–water partition coefficient (Wildman–Crippen LogP) is 2.37. The quantitative estimate of drug-likeness (QED) is 0.771. The lowest BCUT2D eigenvalue weighted by Gasteiger charge is -2.36. The van der Waals surface area contributed by atoms with E-state index in [1.54, 1.807) is 6.20 Å². The van der Waals surface area contributed by atoms with E-state index in [-0.39, 0.29) is 11.9 Å². The Hall–Kier alpha value is -2.73. The number of piperazine rings is 1. The van der Waals surface area contributed by atoms with Gasteiger partial charge in [0.05, 0.1) is 16.8 Å². The van der Waals surface area contributed by atoms with Gasteiger partial charge in [0.25, 0.3) is 5.91 Å². The molecule has 0 radical (unpaired) electrons. The molecular formula is C20H23N5O. The highest BCUT2D eigenvalue weighted by molar-refractivity contribution is 5.99. The number of hydrogen-bond acceptors (Lipinski definition) is 4. The summed E-state index contributed by atoms with van der Waals surface area (Å²) in [4.78, 5) is 24.4. The normalized spacial score (nSPS) is 17.7. The van der Waals surface area contributed by atoms with E-state index in [9.17, 15) is 4.79 Å². The molecule has 4 rings (SSSR count). The number of aryl methyl sites for hydroxylation is 3. The van der Waals surface area contributed by atoms with Gasteiger partial charge in [-0.3, -0.25) is 9.78 Å². The fourth-order valence-electron chi connectivity index (χ4n) is 3.64. The molecular weight excluding hydrogens is 326 g/mol. The highest BCUT2D eigenvalue weighted by atomic mass is 16.2. The number of aromatic nitrogens is 3. The average Bonchev–Trinajstić information content (AvgIpc) is 3.07. The number of imidazole rings is 1. The van der Waals surface area contributed by atoms with Crippen LogP contribution in [-0.2, 0) is 7.05 Å². The van der Waals surface area contributed by atoms with Gasteiger partial charge in [-0.1, -0.05) is 11.6 Å². The lowest BCUT2D eigenvalue weighted by atomic mass is 10.0.